The van der Waals surface area contributed by atoms with Crippen LogP contribution in [0.25, 0.3) is 6.08 Å². The Labute approximate surface area is 114 Å². The van der Waals surface area contributed by atoms with E-state index in [1.807, 2.05) is 25.1 Å². The summed E-state index contributed by atoms with van der Waals surface area (Å²) in [5, 5.41) is 3.38. The number of nitrogens with zero attached hydrogens (tertiary/aromatic N) is 1. The largest absolute Gasteiger partial charge is 0.454 e. The predicted octanol–water partition coefficient (Wildman–Crippen LogP) is 2.00. The van der Waals surface area contributed by atoms with Crippen molar-refractivity contribution in [3.8, 4) is 11.5 Å². The molecule has 3 rings (SSSR count). The Morgan fingerprint density at radius 1 is 1.42 bits per heavy atom. The van der Waals surface area contributed by atoms with Crippen LogP contribution in [-0.4, -0.2) is 23.6 Å². The first kappa shape index (κ1) is 12.1. The van der Waals surface area contributed by atoms with Gasteiger partial charge >= 0.3 is 0 Å². The van der Waals surface area contributed by atoms with Gasteiger partial charge in [0.2, 0.25) is 6.79 Å². The minimum Gasteiger partial charge on any atom is -0.454 e. The molecule has 1 amide bonds. The van der Waals surface area contributed by atoms with Crippen LogP contribution in [0.3, 0.4) is 0 Å². The van der Waals surface area contributed by atoms with Crippen LogP contribution in [-0.2, 0) is 4.79 Å². The number of thioether (sulfide) groups is 1. The van der Waals surface area contributed by atoms with E-state index in [9.17, 15) is 4.79 Å². The fourth-order valence-corrected chi connectivity index (χ4v) is 2.41. The standard InChI is InChI=1S/C13H12N2O3S/c1-2-19-13-14-9(12(16)15-13)5-8-3-4-10-11(6-8)18-7-17-10/h3-6H,2,7H2,1H3,(H,14,15,16)/b9-5-. The maximum Gasteiger partial charge on any atom is 0.275 e. The molecule has 2 aliphatic heterocycles. The van der Waals surface area contributed by atoms with E-state index < -0.39 is 0 Å². The van der Waals surface area contributed by atoms with E-state index >= 15 is 0 Å². The highest BCUT2D eigenvalue weighted by Gasteiger charge is 2.20. The summed E-state index contributed by atoms with van der Waals surface area (Å²) in [6, 6.07) is 5.53. The average Bonchev–Trinajstić information content (AvgIpc) is 2.97. The zero-order chi connectivity index (χ0) is 13.2. The first-order valence-electron chi connectivity index (χ1n) is 5.90. The van der Waals surface area contributed by atoms with Gasteiger partial charge in [0.1, 0.15) is 5.70 Å². The van der Waals surface area contributed by atoms with Gasteiger partial charge in [0.05, 0.1) is 0 Å². The van der Waals surface area contributed by atoms with E-state index in [1.54, 1.807) is 6.08 Å². The molecule has 2 heterocycles. The molecule has 0 fully saturated rings. The summed E-state index contributed by atoms with van der Waals surface area (Å²) >= 11 is 1.51. The number of nitrogens with one attached hydrogen (secondary N) is 1. The first-order chi connectivity index (χ1) is 9.26. The maximum absolute atomic E-state index is 11.7. The molecule has 6 heteroatoms. The van der Waals surface area contributed by atoms with E-state index in [0.29, 0.717) is 16.6 Å². The molecule has 5 nitrogen and oxygen atoms in total. The predicted molar refractivity (Wildman–Crippen MR) is 74.3 cm³/mol. The van der Waals surface area contributed by atoms with Crippen molar-refractivity contribution in [3.05, 3.63) is 29.5 Å². The second-order valence-corrected chi connectivity index (χ2v) is 5.20. The molecular weight excluding hydrogens is 264 g/mol. The molecule has 1 aromatic rings. The zero-order valence-electron chi connectivity index (χ0n) is 10.3. The molecule has 1 N–H and O–H groups in total. The van der Waals surface area contributed by atoms with Gasteiger partial charge in [-0.1, -0.05) is 24.8 Å². The number of amidine groups is 1. The van der Waals surface area contributed by atoms with Crippen LogP contribution in [0.2, 0.25) is 0 Å². The molecule has 0 radical (unpaired) electrons. The second kappa shape index (κ2) is 4.97. The molecule has 0 bridgehead atoms. The second-order valence-electron chi connectivity index (χ2n) is 3.95. The number of rotatable bonds is 2. The fraction of sp³-hybridized carbons (Fsp3) is 0.231. The van der Waals surface area contributed by atoms with Crippen molar-refractivity contribution in [1.82, 2.24) is 5.32 Å². The third-order valence-corrected chi connectivity index (χ3v) is 3.41. The van der Waals surface area contributed by atoms with Crippen LogP contribution in [0.4, 0.5) is 0 Å². The molecule has 1 aromatic carbocycles. The normalized spacial score (nSPS) is 18.7. The van der Waals surface area contributed by atoms with E-state index in [4.69, 9.17) is 9.47 Å². The Hall–Kier alpha value is -1.95. The minimum absolute atomic E-state index is 0.173. The number of benzene rings is 1. The Morgan fingerprint density at radius 3 is 3.11 bits per heavy atom. The number of ether oxygens (including phenoxy) is 2. The van der Waals surface area contributed by atoms with Crippen LogP contribution in [0.5, 0.6) is 11.5 Å². The van der Waals surface area contributed by atoms with Crippen LogP contribution in [0.15, 0.2) is 28.9 Å². The summed E-state index contributed by atoms with van der Waals surface area (Å²) in [6.07, 6.45) is 1.74. The van der Waals surface area contributed by atoms with Crippen molar-refractivity contribution < 1.29 is 14.3 Å². The molecule has 0 aliphatic carbocycles. The minimum atomic E-state index is -0.173. The summed E-state index contributed by atoms with van der Waals surface area (Å²) in [4.78, 5) is 16.0. The van der Waals surface area contributed by atoms with Gasteiger partial charge < -0.3 is 9.47 Å². The Kier molecular flexibility index (Phi) is 3.16. The Bertz CT molecular complexity index is 596. The zero-order valence-corrected chi connectivity index (χ0v) is 11.1. The lowest BCUT2D eigenvalue weighted by atomic mass is 10.1. The number of hydrogen-bond donors (Lipinski definition) is 1. The molecule has 0 saturated carbocycles. The first-order valence-corrected chi connectivity index (χ1v) is 6.89. The number of amides is 1. The molecule has 0 unspecified atom stereocenters. The summed E-state index contributed by atoms with van der Waals surface area (Å²) in [5.74, 6) is 2.12. The molecular formula is C13H12N2O3S. The highest BCUT2D eigenvalue weighted by Crippen LogP contribution is 2.33. The lowest BCUT2D eigenvalue weighted by molar-refractivity contribution is -0.115. The van der Waals surface area contributed by atoms with Gasteiger partial charge in [0.25, 0.3) is 5.91 Å². The lowest BCUT2D eigenvalue weighted by Gasteiger charge is -1.98. The van der Waals surface area contributed by atoms with Crippen LogP contribution in [0.1, 0.15) is 12.5 Å². The van der Waals surface area contributed by atoms with Crippen molar-refractivity contribution in [3.63, 3.8) is 0 Å². The number of hydrogen-bond acceptors (Lipinski definition) is 5. The van der Waals surface area contributed by atoms with Gasteiger partial charge in [-0.25, -0.2) is 4.99 Å². The van der Waals surface area contributed by atoms with Gasteiger partial charge in [0.15, 0.2) is 16.7 Å². The van der Waals surface area contributed by atoms with Crippen molar-refractivity contribution in [2.75, 3.05) is 12.5 Å². The summed E-state index contributed by atoms with van der Waals surface area (Å²) in [6.45, 7) is 2.25. The highest BCUT2D eigenvalue weighted by molar-refractivity contribution is 8.13. The van der Waals surface area contributed by atoms with Crippen molar-refractivity contribution in [1.29, 1.82) is 0 Å². The third kappa shape index (κ3) is 2.44. The fourth-order valence-electron chi connectivity index (χ4n) is 1.81. The van der Waals surface area contributed by atoms with E-state index in [1.165, 1.54) is 11.8 Å². The molecule has 0 spiro atoms. The molecule has 0 aromatic heterocycles. The van der Waals surface area contributed by atoms with Crippen LogP contribution < -0.4 is 14.8 Å². The van der Waals surface area contributed by atoms with Crippen molar-refractivity contribution >= 4 is 28.9 Å². The molecule has 0 saturated heterocycles. The van der Waals surface area contributed by atoms with Crippen LogP contribution in [0, 0.1) is 0 Å². The number of fused-ring (bicyclic) bond motifs is 1. The van der Waals surface area contributed by atoms with Gasteiger partial charge in [-0.15, -0.1) is 0 Å². The Morgan fingerprint density at radius 2 is 2.26 bits per heavy atom. The topological polar surface area (TPSA) is 59.9 Å². The number of carbonyl (C=O) groups is 1. The summed E-state index contributed by atoms with van der Waals surface area (Å²) in [5.41, 5.74) is 1.27. The average molecular weight is 276 g/mol. The monoisotopic (exact) mass is 276 g/mol. The third-order valence-electron chi connectivity index (χ3n) is 2.66. The summed E-state index contributed by atoms with van der Waals surface area (Å²) < 4.78 is 10.5. The molecule has 19 heavy (non-hydrogen) atoms. The lowest BCUT2D eigenvalue weighted by Crippen LogP contribution is -2.21. The summed E-state index contributed by atoms with van der Waals surface area (Å²) in [7, 11) is 0. The van der Waals surface area contributed by atoms with Gasteiger partial charge in [-0.3, -0.25) is 10.1 Å². The van der Waals surface area contributed by atoms with Gasteiger partial charge in [-0.05, 0) is 29.5 Å². The van der Waals surface area contributed by atoms with Crippen molar-refractivity contribution in [2.45, 2.75) is 6.92 Å². The quantitative estimate of drug-likeness (QED) is 0.839. The van der Waals surface area contributed by atoms with Gasteiger partial charge in [-0.2, -0.15) is 0 Å². The Balaban J connectivity index is 1.87. The molecule has 0 atom stereocenters. The van der Waals surface area contributed by atoms with E-state index in [0.717, 1.165) is 17.1 Å². The molecule has 2 aliphatic rings. The highest BCUT2D eigenvalue weighted by atomic mass is 32.2. The van der Waals surface area contributed by atoms with E-state index in [-0.39, 0.29) is 12.7 Å². The number of carbonyl (C=O) groups excluding carboxylic acids is 1. The number of aliphatic imine (C=N–C) groups is 1. The maximum atomic E-state index is 11.7. The van der Waals surface area contributed by atoms with Crippen molar-refractivity contribution in [2.24, 2.45) is 4.99 Å². The smallest absolute Gasteiger partial charge is 0.275 e. The molecule has 98 valence electrons. The van der Waals surface area contributed by atoms with Gasteiger partial charge in [0, 0.05) is 0 Å². The van der Waals surface area contributed by atoms with E-state index in [2.05, 4.69) is 10.3 Å². The van der Waals surface area contributed by atoms with Crippen LogP contribution >= 0.6 is 11.8 Å². The SMILES string of the molecule is CCSC1=N/C(=C\c2ccc3c(c2)OCO3)C(=O)N1.